The molecule has 0 bridgehead atoms. The Morgan fingerprint density at radius 3 is 2.12 bits per heavy atom. The van der Waals surface area contributed by atoms with Crippen LogP contribution in [0.3, 0.4) is 0 Å². The fourth-order valence-corrected chi connectivity index (χ4v) is 2.28. The van der Waals surface area contributed by atoms with E-state index in [2.05, 4.69) is 25.3 Å². The lowest BCUT2D eigenvalue weighted by molar-refractivity contribution is -0.110. The third kappa shape index (κ3) is 3.93. The van der Waals surface area contributed by atoms with E-state index in [1.165, 1.54) is 12.1 Å². The molecule has 0 aliphatic carbocycles. The number of benzene rings is 1. The number of halogens is 1. The summed E-state index contributed by atoms with van der Waals surface area (Å²) < 4.78 is 12.9. The van der Waals surface area contributed by atoms with Crippen LogP contribution in [0.15, 0.2) is 36.0 Å². The minimum atomic E-state index is -1.34. The highest BCUT2D eigenvalue weighted by atomic mass is 28.3. The lowest BCUT2D eigenvalue weighted by Crippen LogP contribution is -2.24. The standard InChI is InChI=1S/C14H19FOSi/c1-14(11-16,9-10-17(2,3)4)12-5-7-13(15)8-6-12/h5-11H,1-4H3/b10-9+. The van der Waals surface area contributed by atoms with Crippen molar-refractivity contribution in [3.8, 4) is 0 Å². The molecule has 1 rings (SSSR count). The first-order valence-corrected chi connectivity index (χ1v) is 9.27. The summed E-state index contributed by atoms with van der Waals surface area (Å²) in [6.45, 7) is 8.47. The maximum Gasteiger partial charge on any atom is 0.134 e. The fourth-order valence-electron chi connectivity index (χ4n) is 1.44. The SMILES string of the molecule is CC(C=O)(/C=C/[Si](C)(C)C)c1ccc(F)cc1. The van der Waals surface area contributed by atoms with Crippen LogP contribution in [0.2, 0.25) is 19.6 Å². The van der Waals surface area contributed by atoms with Gasteiger partial charge in [-0.2, -0.15) is 0 Å². The molecule has 0 saturated carbocycles. The molecule has 3 heteroatoms. The zero-order valence-corrected chi connectivity index (χ0v) is 11.8. The molecule has 0 amide bonds. The molecule has 1 atom stereocenters. The number of hydrogen-bond acceptors (Lipinski definition) is 1. The predicted octanol–water partition coefficient (Wildman–Crippen LogP) is 3.72. The van der Waals surface area contributed by atoms with Gasteiger partial charge in [-0.15, -0.1) is 0 Å². The van der Waals surface area contributed by atoms with Gasteiger partial charge in [0.1, 0.15) is 12.1 Å². The first-order valence-electron chi connectivity index (χ1n) is 5.70. The van der Waals surface area contributed by atoms with Gasteiger partial charge in [-0.25, -0.2) is 4.39 Å². The molecular formula is C14H19FOSi. The van der Waals surface area contributed by atoms with Gasteiger partial charge in [-0.1, -0.05) is 43.5 Å². The van der Waals surface area contributed by atoms with Crippen LogP contribution >= 0.6 is 0 Å². The van der Waals surface area contributed by atoms with Crippen LogP contribution in [-0.2, 0) is 10.2 Å². The summed E-state index contributed by atoms with van der Waals surface area (Å²) in [6, 6.07) is 6.11. The van der Waals surface area contributed by atoms with Crippen LogP contribution in [-0.4, -0.2) is 14.4 Å². The molecule has 0 radical (unpaired) electrons. The molecule has 0 N–H and O–H groups in total. The molecule has 0 saturated heterocycles. The average Bonchev–Trinajstić information content (AvgIpc) is 2.26. The lowest BCUT2D eigenvalue weighted by atomic mass is 9.84. The summed E-state index contributed by atoms with van der Waals surface area (Å²) >= 11 is 0. The van der Waals surface area contributed by atoms with Crippen LogP contribution < -0.4 is 0 Å². The van der Waals surface area contributed by atoms with Crippen molar-refractivity contribution in [2.75, 3.05) is 0 Å². The number of hydrogen-bond donors (Lipinski definition) is 0. The van der Waals surface area contributed by atoms with Gasteiger partial charge in [0.2, 0.25) is 0 Å². The second-order valence-electron chi connectivity index (χ2n) is 5.61. The molecule has 0 aromatic heterocycles. The minimum Gasteiger partial charge on any atom is -0.302 e. The van der Waals surface area contributed by atoms with Crippen LogP contribution in [0.5, 0.6) is 0 Å². The second kappa shape index (κ2) is 4.96. The topological polar surface area (TPSA) is 17.1 Å². The molecule has 1 nitrogen and oxygen atoms in total. The highest BCUT2D eigenvalue weighted by Gasteiger charge is 2.23. The Morgan fingerprint density at radius 2 is 1.71 bits per heavy atom. The Balaban J connectivity index is 3.08. The summed E-state index contributed by atoms with van der Waals surface area (Å²) in [7, 11) is -1.34. The second-order valence-corrected chi connectivity index (χ2v) is 10.7. The average molecular weight is 250 g/mol. The monoisotopic (exact) mass is 250 g/mol. The summed E-state index contributed by atoms with van der Waals surface area (Å²) in [4.78, 5) is 11.3. The first kappa shape index (κ1) is 13.8. The van der Waals surface area contributed by atoms with Crippen molar-refractivity contribution in [3.63, 3.8) is 0 Å². The van der Waals surface area contributed by atoms with Crippen molar-refractivity contribution >= 4 is 14.4 Å². The molecule has 0 aliphatic rings. The van der Waals surface area contributed by atoms with Crippen LogP contribution in [0.4, 0.5) is 4.39 Å². The van der Waals surface area contributed by atoms with E-state index in [-0.39, 0.29) is 5.82 Å². The molecule has 92 valence electrons. The number of rotatable bonds is 4. The summed E-state index contributed by atoms with van der Waals surface area (Å²) in [6.07, 6.45) is 2.86. The van der Waals surface area contributed by atoms with Gasteiger partial charge in [0.25, 0.3) is 0 Å². The predicted molar refractivity (Wildman–Crippen MR) is 72.3 cm³/mol. The molecular weight excluding hydrogens is 231 g/mol. The van der Waals surface area contributed by atoms with Crippen LogP contribution in [0.25, 0.3) is 0 Å². The van der Waals surface area contributed by atoms with Gasteiger partial charge in [-0.3, -0.25) is 0 Å². The Bertz CT molecular complexity index is 417. The Kier molecular flexibility index (Phi) is 4.04. The van der Waals surface area contributed by atoms with Crippen molar-refractivity contribution in [1.29, 1.82) is 0 Å². The molecule has 1 unspecified atom stereocenters. The quantitative estimate of drug-likeness (QED) is 0.588. The number of carbonyl (C=O) groups excluding carboxylic acids is 1. The van der Waals surface area contributed by atoms with Gasteiger partial charge in [-0.05, 0) is 24.6 Å². The largest absolute Gasteiger partial charge is 0.302 e. The fraction of sp³-hybridized carbons (Fsp3) is 0.357. The molecule has 17 heavy (non-hydrogen) atoms. The van der Waals surface area contributed by atoms with Gasteiger partial charge < -0.3 is 4.79 Å². The van der Waals surface area contributed by atoms with Gasteiger partial charge in [0, 0.05) is 0 Å². The number of carbonyl (C=O) groups is 1. The molecule has 0 heterocycles. The third-order valence-corrected chi connectivity index (χ3v) is 3.81. The van der Waals surface area contributed by atoms with Gasteiger partial charge >= 0.3 is 0 Å². The summed E-state index contributed by atoms with van der Waals surface area (Å²) in [5.41, 5.74) is 2.31. The number of allylic oxidation sites excluding steroid dienone is 1. The van der Waals surface area contributed by atoms with Gasteiger partial charge in [0.15, 0.2) is 0 Å². The normalized spacial score (nSPS) is 15.8. The summed E-state index contributed by atoms with van der Waals surface area (Å²) in [5, 5.41) is 0. The zero-order chi connectivity index (χ0) is 13.1. The van der Waals surface area contributed by atoms with E-state index in [1.807, 2.05) is 13.0 Å². The lowest BCUT2D eigenvalue weighted by Gasteiger charge is -2.21. The maximum absolute atomic E-state index is 12.9. The Labute approximate surface area is 103 Å². The Hall–Kier alpha value is -1.22. The zero-order valence-electron chi connectivity index (χ0n) is 10.8. The van der Waals surface area contributed by atoms with E-state index < -0.39 is 13.5 Å². The van der Waals surface area contributed by atoms with Crippen molar-refractivity contribution in [2.45, 2.75) is 32.0 Å². The van der Waals surface area contributed by atoms with E-state index in [9.17, 15) is 9.18 Å². The van der Waals surface area contributed by atoms with E-state index in [0.29, 0.717) is 0 Å². The minimum absolute atomic E-state index is 0.281. The molecule has 0 aliphatic heterocycles. The molecule has 0 fully saturated rings. The van der Waals surface area contributed by atoms with Crippen molar-refractivity contribution in [3.05, 3.63) is 47.4 Å². The summed E-state index contributed by atoms with van der Waals surface area (Å²) in [5.74, 6) is -0.281. The maximum atomic E-state index is 12.9. The van der Waals surface area contributed by atoms with Crippen molar-refractivity contribution < 1.29 is 9.18 Å². The molecule has 0 spiro atoms. The molecule has 1 aromatic rings. The first-order chi connectivity index (χ1) is 7.77. The van der Waals surface area contributed by atoms with E-state index >= 15 is 0 Å². The van der Waals surface area contributed by atoms with E-state index in [1.54, 1.807) is 12.1 Å². The van der Waals surface area contributed by atoms with Crippen molar-refractivity contribution in [2.24, 2.45) is 0 Å². The highest BCUT2D eigenvalue weighted by molar-refractivity contribution is 6.81. The van der Waals surface area contributed by atoms with E-state index in [0.717, 1.165) is 11.8 Å². The van der Waals surface area contributed by atoms with Gasteiger partial charge in [0.05, 0.1) is 13.5 Å². The Morgan fingerprint density at radius 1 is 1.18 bits per heavy atom. The van der Waals surface area contributed by atoms with Crippen molar-refractivity contribution in [1.82, 2.24) is 0 Å². The highest BCUT2D eigenvalue weighted by Crippen LogP contribution is 2.24. The number of aldehydes is 1. The third-order valence-electron chi connectivity index (χ3n) is 2.64. The van der Waals surface area contributed by atoms with Crippen LogP contribution in [0.1, 0.15) is 12.5 Å². The van der Waals surface area contributed by atoms with E-state index in [4.69, 9.17) is 0 Å². The smallest absolute Gasteiger partial charge is 0.134 e. The van der Waals surface area contributed by atoms with Crippen LogP contribution in [0, 0.1) is 5.82 Å². The molecule has 1 aromatic carbocycles.